The third kappa shape index (κ3) is 4.36. The van der Waals surface area contributed by atoms with Crippen molar-refractivity contribution >= 4 is 17.4 Å². The van der Waals surface area contributed by atoms with Gasteiger partial charge < -0.3 is 15.4 Å². The van der Waals surface area contributed by atoms with E-state index in [9.17, 15) is 4.79 Å². The van der Waals surface area contributed by atoms with E-state index in [-0.39, 0.29) is 11.4 Å². The van der Waals surface area contributed by atoms with Crippen molar-refractivity contribution < 1.29 is 9.53 Å². The molecule has 2 aromatic rings. The van der Waals surface area contributed by atoms with Crippen LogP contribution in [0.15, 0.2) is 47.2 Å². The zero-order valence-electron chi connectivity index (χ0n) is 13.8. The van der Waals surface area contributed by atoms with Crippen LogP contribution < -0.4 is 10.6 Å². The van der Waals surface area contributed by atoms with E-state index in [1.54, 1.807) is 11.3 Å². The molecule has 0 spiro atoms. The standard InChI is InChI=1S/C19H24N2O2S/c22-18(20-10-6-16-4-2-1-3-5-16)21-15-19(8-11-23-12-9-19)17-7-13-24-14-17/h1-5,7,13-14H,6,8-12,15H2,(H2,20,21,22). The first-order valence-electron chi connectivity index (χ1n) is 8.45. The Kier molecular flexibility index (Phi) is 5.88. The summed E-state index contributed by atoms with van der Waals surface area (Å²) >= 11 is 1.71. The molecule has 0 atom stereocenters. The summed E-state index contributed by atoms with van der Waals surface area (Å²) in [5, 5.41) is 10.3. The van der Waals surface area contributed by atoms with Gasteiger partial charge in [0.1, 0.15) is 0 Å². The molecule has 0 aliphatic carbocycles. The topological polar surface area (TPSA) is 50.4 Å². The maximum Gasteiger partial charge on any atom is 0.314 e. The molecule has 1 aliphatic heterocycles. The number of thiophene rings is 1. The summed E-state index contributed by atoms with van der Waals surface area (Å²) in [6.45, 7) is 2.81. The van der Waals surface area contributed by atoms with Gasteiger partial charge in [0.2, 0.25) is 0 Å². The summed E-state index contributed by atoms with van der Waals surface area (Å²) in [4.78, 5) is 12.1. The molecular formula is C19H24N2O2S. The van der Waals surface area contributed by atoms with Crippen LogP contribution in [-0.2, 0) is 16.6 Å². The molecule has 4 nitrogen and oxygen atoms in total. The number of hydrogen-bond donors (Lipinski definition) is 2. The molecule has 128 valence electrons. The maximum atomic E-state index is 12.1. The Hall–Kier alpha value is -1.85. The van der Waals surface area contributed by atoms with Gasteiger partial charge >= 0.3 is 6.03 Å². The second-order valence-electron chi connectivity index (χ2n) is 6.25. The molecule has 5 heteroatoms. The second kappa shape index (κ2) is 8.31. The zero-order chi connectivity index (χ0) is 16.7. The summed E-state index contributed by atoms with van der Waals surface area (Å²) in [6, 6.07) is 12.3. The predicted molar refractivity (Wildman–Crippen MR) is 97.6 cm³/mol. The number of hydrogen-bond acceptors (Lipinski definition) is 3. The number of urea groups is 1. The Morgan fingerprint density at radius 3 is 2.62 bits per heavy atom. The number of ether oxygens (including phenoxy) is 1. The lowest BCUT2D eigenvalue weighted by Crippen LogP contribution is -2.47. The Morgan fingerprint density at radius 1 is 1.12 bits per heavy atom. The van der Waals surface area contributed by atoms with Crippen molar-refractivity contribution in [1.82, 2.24) is 10.6 Å². The van der Waals surface area contributed by atoms with Crippen molar-refractivity contribution in [2.24, 2.45) is 0 Å². The molecule has 3 rings (SSSR count). The third-order valence-corrected chi connectivity index (χ3v) is 5.40. The molecule has 2 N–H and O–H groups in total. The first-order valence-corrected chi connectivity index (χ1v) is 9.39. The number of rotatable bonds is 6. The summed E-state index contributed by atoms with van der Waals surface area (Å²) in [5.41, 5.74) is 2.56. The third-order valence-electron chi connectivity index (χ3n) is 4.71. The highest BCUT2D eigenvalue weighted by Crippen LogP contribution is 2.35. The number of nitrogens with one attached hydrogen (secondary N) is 2. The largest absolute Gasteiger partial charge is 0.381 e. The highest BCUT2D eigenvalue weighted by Gasteiger charge is 2.35. The molecule has 0 radical (unpaired) electrons. The van der Waals surface area contributed by atoms with Crippen molar-refractivity contribution in [3.8, 4) is 0 Å². The van der Waals surface area contributed by atoms with Gasteiger partial charge in [-0.25, -0.2) is 4.79 Å². The van der Waals surface area contributed by atoms with Crippen LogP contribution in [0.5, 0.6) is 0 Å². The quantitative estimate of drug-likeness (QED) is 0.844. The molecule has 2 amide bonds. The Balaban J connectivity index is 1.48. The first kappa shape index (κ1) is 17.0. The smallest absolute Gasteiger partial charge is 0.314 e. The van der Waals surface area contributed by atoms with Crippen LogP contribution in [0.2, 0.25) is 0 Å². The van der Waals surface area contributed by atoms with Crippen molar-refractivity contribution in [3.05, 3.63) is 58.3 Å². The summed E-state index contributed by atoms with van der Waals surface area (Å²) < 4.78 is 5.52. The van der Waals surface area contributed by atoms with E-state index in [2.05, 4.69) is 39.6 Å². The molecule has 0 bridgehead atoms. The highest BCUT2D eigenvalue weighted by atomic mass is 32.1. The monoisotopic (exact) mass is 344 g/mol. The zero-order valence-corrected chi connectivity index (χ0v) is 14.6. The van der Waals surface area contributed by atoms with Crippen molar-refractivity contribution in [1.29, 1.82) is 0 Å². The molecule has 1 aromatic carbocycles. The molecule has 2 heterocycles. The fourth-order valence-electron chi connectivity index (χ4n) is 3.17. The minimum Gasteiger partial charge on any atom is -0.381 e. The Bertz CT molecular complexity index is 622. The lowest BCUT2D eigenvalue weighted by Gasteiger charge is -2.37. The van der Waals surface area contributed by atoms with E-state index in [1.807, 2.05) is 18.2 Å². The number of carbonyl (C=O) groups is 1. The minimum absolute atomic E-state index is 0.00895. The van der Waals surface area contributed by atoms with Gasteiger partial charge in [0, 0.05) is 31.7 Å². The highest BCUT2D eigenvalue weighted by molar-refractivity contribution is 7.08. The van der Waals surface area contributed by atoms with Gasteiger partial charge in [-0.2, -0.15) is 11.3 Å². The van der Waals surface area contributed by atoms with Crippen LogP contribution in [0.3, 0.4) is 0 Å². The molecule has 1 saturated heterocycles. The average molecular weight is 344 g/mol. The van der Waals surface area contributed by atoms with E-state index in [4.69, 9.17) is 4.74 Å². The summed E-state index contributed by atoms with van der Waals surface area (Å²) in [6.07, 6.45) is 2.75. The molecule has 1 fully saturated rings. The average Bonchev–Trinajstić information content (AvgIpc) is 3.17. The van der Waals surface area contributed by atoms with Gasteiger partial charge in [0.05, 0.1) is 0 Å². The predicted octanol–water partition coefficient (Wildman–Crippen LogP) is 3.34. The fourth-order valence-corrected chi connectivity index (χ4v) is 3.95. The van der Waals surface area contributed by atoms with E-state index in [0.29, 0.717) is 13.1 Å². The molecule has 1 aromatic heterocycles. The molecule has 0 unspecified atom stereocenters. The first-order chi connectivity index (χ1) is 11.8. The minimum atomic E-state index is -0.0907. The van der Waals surface area contributed by atoms with Crippen LogP contribution in [0.1, 0.15) is 24.0 Å². The van der Waals surface area contributed by atoms with Crippen LogP contribution in [-0.4, -0.2) is 32.3 Å². The number of carbonyl (C=O) groups excluding carboxylic acids is 1. The van der Waals surface area contributed by atoms with Crippen molar-refractivity contribution in [2.45, 2.75) is 24.7 Å². The maximum absolute atomic E-state index is 12.1. The van der Waals surface area contributed by atoms with Crippen LogP contribution in [0, 0.1) is 0 Å². The van der Waals surface area contributed by atoms with E-state index in [1.165, 1.54) is 11.1 Å². The van der Waals surface area contributed by atoms with Gasteiger partial charge in [0.25, 0.3) is 0 Å². The lowest BCUT2D eigenvalue weighted by molar-refractivity contribution is 0.0508. The van der Waals surface area contributed by atoms with Crippen LogP contribution in [0.4, 0.5) is 4.79 Å². The number of amides is 2. The summed E-state index contributed by atoms with van der Waals surface area (Å²) in [7, 11) is 0. The van der Waals surface area contributed by atoms with Crippen LogP contribution in [0.25, 0.3) is 0 Å². The van der Waals surface area contributed by atoms with Gasteiger partial charge in [-0.3, -0.25) is 0 Å². The van der Waals surface area contributed by atoms with Crippen molar-refractivity contribution in [2.75, 3.05) is 26.3 Å². The summed E-state index contributed by atoms with van der Waals surface area (Å²) in [5.74, 6) is 0. The van der Waals surface area contributed by atoms with Gasteiger partial charge in [-0.1, -0.05) is 30.3 Å². The van der Waals surface area contributed by atoms with E-state index >= 15 is 0 Å². The normalized spacial score (nSPS) is 16.5. The molecule has 1 aliphatic rings. The Labute approximate surface area is 147 Å². The Morgan fingerprint density at radius 2 is 1.92 bits per heavy atom. The second-order valence-corrected chi connectivity index (χ2v) is 7.03. The molecular weight excluding hydrogens is 320 g/mol. The SMILES string of the molecule is O=C(NCCc1ccccc1)NCC1(c2ccsc2)CCOCC1. The van der Waals surface area contributed by atoms with Gasteiger partial charge in [0.15, 0.2) is 0 Å². The van der Waals surface area contributed by atoms with Gasteiger partial charge in [-0.05, 0) is 47.2 Å². The molecule has 0 saturated carbocycles. The van der Waals surface area contributed by atoms with E-state index < -0.39 is 0 Å². The lowest BCUT2D eigenvalue weighted by atomic mass is 9.75. The molecule has 24 heavy (non-hydrogen) atoms. The van der Waals surface area contributed by atoms with E-state index in [0.717, 1.165) is 32.5 Å². The van der Waals surface area contributed by atoms with Crippen molar-refractivity contribution in [3.63, 3.8) is 0 Å². The number of benzene rings is 1. The van der Waals surface area contributed by atoms with Gasteiger partial charge in [-0.15, -0.1) is 0 Å². The fraction of sp³-hybridized carbons (Fsp3) is 0.421. The van der Waals surface area contributed by atoms with Crippen LogP contribution >= 0.6 is 11.3 Å².